The maximum atomic E-state index is 12.6. The molecule has 162 valence electrons. The first-order chi connectivity index (χ1) is 14.4. The smallest absolute Gasteiger partial charge is 0.309 e. The molecule has 0 N–H and O–H groups in total. The Morgan fingerprint density at radius 1 is 1.20 bits per heavy atom. The molecule has 0 aliphatic carbocycles. The van der Waals surface area contributed by atoms with Crippen LogP contribution in [0.1, 0.15) is 36.8 Å². The van der Waals surface area contributed by atoms with Crippen LogP contribution in [-0.2, 0) is 30.9 Å². The highest BCUT2D eigenvalue weighted by Gasteiger charge is 2.29. The predicted octanol–water partition coefficient (Wildman–Crippen LogP) is 3.01. The first kappa shape index (κ1) is 22.2. The van der Waals surface area contributed by atoms with Gasteiger partial charge >= 0.3 is 5.97 Å². The molecule has 1 aliphatic heterocycles. The molecule has 1 amide bonds. The van der Waals surface area contributed by atoms with Gasteiger partial charge in [0, 0.05) is 29.5 Å². The summed E-state index contributed by atoms with van der Waals surface area (Å²) in [5.74, 6) is 0.711. The van der Waals surface area contributed by atoms with Gasteiger partial charge in [-0.25, -0.2) is 4.98 Å². The van der Waals surface area contributed by atoms with Crippen LogP contribution in [0.3, 0.4) is 0 Å². The largest absolute Gasteiger partial charge is 0.466 e. The van der Waals surface area contributed by atoms with E-state index in [2.05, 4.69) is 4.98 Å². The van der Waals surface area contributed by atoms with Crippen molar-refractivity contribution >= 4 is 22.7 Å². The van der Waals surface area contributed by atoms with Crippen LogP contribution in [0.2, 0.25) is 0 Å². The van der Waals surface area contributed by atoms with Gasteiger partial charge in [-0.2, -0.15) is 0 Å². The number of piperidine rings is 1. The van der Waals surface area contributed by atoms with Crippen LogP contribution < -0.4 is 0 Å². The summed E-state index contributed by atoms with van der Waals surface area (Å²) in [6.07, 6.45) is 1.17. The molecule has 1 saturated heterocycles. The quantitative estimate of drug-likeness (QED) is 0.625. The fraction of sp³-hybridized carbons (Fsp3) is 0.500. The minimum Gasteiger partial charge on any atom is -0.466 e. The number of ether oxygens (including phenoxy) is 1. The van der Waals surface area contributed by atoms with Crippen LogP contribution in [0.5, 0.6) is 0 Å². The zero-order chi connectivity index (χ0) is 21.7. The lowest BCUT2D eigenvalue weighted by molar-refractivity contribution is -0.151. The molecular formula is C22H28N2O5S. The fourth-order valence-corrected chi connectivity index (χ4v) is 4.57. The fourth-order valence-electron chi connectivity index (χ4n) is 3.44. The summed E-state index contributed by atoms with van der Waals surface area (Å²) in [5, 5.41) is 0. The molecule has 3 rings (SSSR count). The van der Waals surface area contributed by atoms with E-state index in [-0.39, 0.29) is 29.3 Å². The SMILES string of the molecule is CCOC(=O)C1CCN(C(=O)C[S@](=O)Cc2nc(-c3ccc(C)cc3)oc2C)CC1. The Balaban J connectivity index is 1.53. The number of hydrogen-bond donors (Lipinski definition) is 0. The molecule has 1 aromatic carbocycles. The Hall–Kier alpha value is -2.48. The number of carbonyl (C=O) groups is 2. The van der Waals surface area contributed by atoms with Crippen LogP contribution in [0.25, 0.3) is 11.5 Å². The summed E-state index contributed by atoms with van der Waals surface area (Å²) >= 11 is 0. The number of nitrogens with zero attached hydrogens (tertiary/aromatic N) is 2. The van der Waals surface area contributed by atoms with Crippen molar-refractivity contribution in [2.45, 2.75) is 39.4 Å². The van der Waals surface area contributed by atoms with Crippen molar-refractivity contribution in [1.82, 2.24) is 9.88 Å². The molecule has 8 heteroatoms. The highest BCUT2D eigenvalue weighted by molar-refractivity contribution is 7.84. The second-order valence-corrected chi connectivity index (χ2v) is 8.98. The van der Waals surface area contributed by atoms with Crippen molar-refractivity contribution in [2.24, 2.45) is 5.92 Å². The van der Waals surface area contributed by atoms with E-state index in [0.29, 0.717) is 49.9 Å². The number of rotatable bonds is 7. The lowest BCUT2D eigenvalue weighted by Crippen LogP contribution is -2.42. The second-order valence-electron chi connectivity index (χ2n) is 7.52. The van der Waals surface area contributed by atoms with Crippen molar-refractivity contribution in [3.05, 3.63) is 41.3 Å². The summed E-state index contributed by atoms with van der Waals surface area (Å²) in [7, 11) is -1.39. The van der Waals surface area contributed by atoms with Gasteiger partial charge < -0.3 is 14.1 Å². The molecule has 30 heavy (non-hydrogen) atoms. The van der Waals surface area contributed by atoms with Crippen LogP contribution in [-0.4, -0.2) is 51.4 Å². The number of esters is 1. The average Bonchev–Trinajstić information content (AvgIpc) is 3.08. The van der Waals surface area contributed by atoms with Gasteiger partial charge in [-0.3, -0.25) is 13.8 Å². The van der Waals surface area contributed by atoms with Crippen molar-refractivity contribution in [3.63, 3.8) is 0 Å². The molecule has 0 unspecified atom stereocenters. The molecule has 1 fully saturated rings. The monoisotopic (exact) mass is 432 g/mol. The Kier molecular flexibility index (Phi) is 7.42. The Morgan fingerprint density at radius 3 is 2.50 bits per heavy atom. The van der Waals surface area contributed by atoms with Crippen molar-refractivity contribution < 1.29 is 23.0 Å². The lowest BCUT2D eigenvalue weighted by atomic mass is 9.97. The first-order valence-corrected chi connectivity index (χ1v) is 11.7. The van der Waals surface area contributed by atoms with E-state index in [1.807, 2.05) is 31.2 Å². The Bertz CT molecular complexity index is 914. The number of likely N-dealkylation sites (tertiary alicyclic amines) is 1. The molecule has 2 aromatic rings. The average molecular weight is 433 g/mol. The molecule has 2 heterocycles. The van der Waals surface area contributed by atoms with Crippen molar-refractivity contribution in [1.29, 1.82) is 0 Å². The minimum atomic E-state index is -1.39. The summed E-state index contributed by atoms with van der Waals surface area (Å²) < 4.78 is 23.4. The van der Waals surface area contributed by atoms with E-state index in [0.717, 1.165) is 11.1 Å². The first-order valence-electron chi connectivity index (χ1n) is 10.2. The Morgan fingerprint density at radius 2 is 1.87 bits per heavy atom. The van der Waals surface area contributed by atoms with E-state index < -0.39 is 10.8 Å². The number of carbonyl (C=O) groups excluding carboxylic acids is 2. The second kappa shape index (κ2) is 10.0. The number of aryl methyl sites for hydroxylation is 2. The highest BCUT2D eigenvalue weighted by atomic mass is 32.2. The van der Waals surface area contributed by atoms with E-state index in [4.69, 9.17) is 9.15 Å². The number of benzene rings is 1. The van der Waals surface area contributed by atoms with Crippen LogP contribution in [0.4, 0.5) is 0 Å². The van der Waals surface area contributed by atoms with E-state index in [1.54, 1.807) is 18.7 Å². The van der Waals surface area contributed by atoms with Gasteiger partial charge in [0.2, 0.25) is 11.8 Å². The van der Waals surface area contributed by atoms with Crippen molar-refractivity contribution in [2.75, 3.05) is 25.4 Å². The predicted molar refractivity (Wildman–Crippen MR) is 114 cm³/mol. The summed E-state index contributed by atoms with van der Waals surface area (Å²) in [6.45, 7) is 6.92. The molecule has 7 nitrogen and oxygen atoms in total. The standard InChI is InChI=1S/C22H28N2O5S/c1-4-28-22(26)18-9-11-24(12-10-18)20(25)14-30(27)13-19-16(3)29-21(23-19)17-7-5-15(2)6-8-17/h5-8,18H,4,9-14H2,1-3H3/t30-/m1/s1. The Labute approximate surface area is 179 Å². The molecule has 0 saturated carbocycles. The van der Waals surface area contributed by atoms with Gasteiger partial charge in [-0.05, 0) is 45.7 Å². The van der Waals surface area contributed by atoms with Gasteiger partial charge in [0.25, 0.3) is 0 Å². The van der Waals surface area contributed by atoms with Gasteiger partial charge in [0.1, 0.15) is 11.5 Å². The van der Waals surface area contributed by atoms with E-state index in [9.17, 15) is 13.8 Å². The highest BCUT2D eigenvalue weighted by Crippen LogP contribution is 2.23. The van der Waals surface area contributed by atoms with Gasteiger partial charge in [0.15, 0.2) is 0 Å². The number of hydrogen-bond acceptors (Lipinski definition) is 6. The van der Waals surface area contributed by atoms with Crippen LogP contribution >= 0.6 is 0 Å². The van der Waals surface area contributed by atoms with E-state index >= 15 is 0 Å². The topological polar surface area (TPSA) is 89.7 Å². The van der Waals surface area contributed by atoms with Gasteiger partial charge in [0.05, 0.1) is 24.0 Å². The molecule has 1 aliphatic rings. The molecule has 0 radical (unpaired) electrons. The third kappa shape index (κ3) is 5.56. The molecule has 0 bridgehead atoms. The molecule has 1 atom stereocenters. The maximum absolute atomic E-state index is 12.6. The third-order valence-corrected chi connectivity index (χ3v) is 6.41. The lowest BCUT2D eigenvalue weighted by Gasteiger charge is -2.30. The van der Waals surface area contributed by atoms with Crippen LogP contribution in [0, 0.1) is 19.8 Å². The van der Waals surface area contributed by atoms with Gasteiger partial charge in [-0.15, -0.1) is 0 Å². The minimum absolute atomic E-state index is 0.0593. The van der Waals surface area contributed by atoms with Gasteiger partial charge in [-0.1, -0.05) is 17.7 Å². The maximum Gasteiger partial charge on any atom is 0.309 e. The summed E-state index contributed by atoms with van der Waals surface area (Å²) in [6, 6.07) is 7.84. The van der Waals surface area contributed by atoms with Crippen LogP contribution in [0.15, 0.2) is 28.7 Å². The summed E-state index contributed by atoms with van der Waals surface area (Å²) in [5.41, 5.74) is 2.62. The number of oxazole rings is 1. The summed E-state index contributed by atoms with van der Waals surface area (Å²) in [4.78, 5) is 30.5. The molecular weight excluding hydrogens is 404 g/mol. The van der Waals surface area contributed by atoms with E-state index in [1.165, 1.54) is 0 Å². The van der Waals surface area contributed by atoms with Crippen molar-refractivity contribution in [3.8, 4) is 11.5 Å². The number of aromatic nitrogens is 1. The normalized spacial score (nSPS) is 15.8. The zero-order valence-electron chi connectivity index (χ0n) is 17.7. The molecule has 0 spiro atoms. The third-order valence-electron chi connectivity index (χ3n) is 5.24. The number of amides is 1. The molecule has 1 aromatic heterocycles. The zero-order valence-corrected chi connectivity index (χ0v) is 18.5.